The molecule has 0 bridgehead atoms. The summed E-state index contributed by atoms with van der Waals surface area (Å²) in [5.74, 6) is 0.814. The molecule has 0 amide bonds. The van der Waals surface area contributed by atoms with Crippen molar-refractivity contribution in [2.24, 2.45) is 0 Å². The minimum absolute atomic E-state index is 0.109. The van der Waals surface area contributed by atoms with Gasteiger partial charge in [-0.15, -0.1) is 0 Å². The molecule has 0 aliphatic rings. The van der Waals surface area contributed by atoms with Crippen molar-refractivity contribution in [3.8, 4) is 23.1 Å². The van der Waals surface area contributed by atoms with Gasteiger partial charge in [-0.1, -0.05) is 0 Å². The second kappa shape index (κ2) is 5.23. The predicted octanol–water partition coefficient (Wildman–Crippen LogP) is 3.13. The molecule has 0 radical (unpaired) electrons. The number of hydrogen-bond donors (Lipinski definition) is 0. The first kappa shape index (κ1) is 12.6. The molecule has 0 aliphatic carbocycles. The summed E-state index contributed by atoms with van der Waals surface area (Å²) >= 11 is 0. The molecule has 96 valence electrons. The van der Waals surface area contributed by atoms with Gasteiger partial charge in [0.05, 0.1) is 23.2 Å². The van der Waals surface area contributed by atoms with Gasteiger partial charge in [0.1, 0.15) is 17.6 Å². The van der Waals surface area contributed by atoms with Gasteiger partial charge in [0.2, 0.25) is 5.76 Å². The third kappa shape index (κ3) is 2.55. The van der Waals surface area contributed by atoms with Crippen molar-refractivity contribution in [2.45, 2.75) is 6.92 Å². The Morgan fingerprint density at radius 1 is 1.42 bits per heavy atom. The van der Waals surface area contributed by atoms with Gasteiger partial charge >= 0.3 is 0 Å². The maximum Gasteiger partial charge on any atom is 0.284 e. The van der Waals surface area contributed by atoms with E-state index in [-0.39, 0.29) is 17.2 Å². The van der Waals surface area contributed by atoms with E-state index < -0.39 is 4.92 Å². The fourth-order valence-electron chi connectivity index (χ4n) is 1.67. The number of nitro groups is 1. The largest absolute Gasteiger partial charge is 0.494 e. The van der Waals surface area contributed by atoms with Gasteiger partial charge in [0, 0.05) is 0 Å². The van der Waals surface area contributed by atoms with Crippen LogP contribution in [0.15, 0.2) is 34.7 Å². The molecule has 0 atom stereocenters. The van der Waals surface area contributed by atoms with E-state index in [1.807, 2.05) is 6.07 Å². The van der Waals surface area contributed by atoms with Gasteiger partial charge in [-0.2, -0.15) is 5.26 Å². The Balaban J connectivity index is 2.50. The van der Waals surface area contributed by atoms with Crippen molar-refractivity contribution in [2.75, 3.05) is 6.61 Å². The van der Waals surface area contributed by atoms with E-state index in [2.05, 4.69) is 0 Å². The molecule has 0 unspecified atom stereocenters. The van der Waals surface area contributed by atoms with Crippen LogP contribution in [0.25, 0.3) is 11.3 Å². The maximum atomic E-state index is 11.1. The summed E-state index contributed by atoms with van der Waals surface area (Å²) in [4.78, 5) is 10.6. The number of nitriles is 1. The quantitative estimate of drug-likeness (QED) is 0.620. The SMILES string of the molecule is CCOc1ccc(-c2ccc(C#N)o2)c([N+](=O)[O-])c1. The molecule has 0 N–H and O–H groups in total. The molecule has 1 heterocycles. The van der Waals surface area contributed by atoms with Crippen LogP contribution in [0.3, 0.4) is 0 Å². The molecule has 19 heavy (non-hydrogen) atoms. The number of rotatable bonds is 4. The minimum Gasteiger partial charge on any atom is -0.494 e. The van der Waals surface area contributed by atoms with E-state index in [4.69, 9.17) is 14.4 Å². The molecule has 0 saturated heterocycles. The Labute approximate surface area is 109 Å². The highest BCUT2D eigenvalue weighted by Gasteiger charge is 2.19. The Kier molecular flexibility index (Phi) is 3.48. The average Bonchev–Trinajstić information content (AvgIpc) is 2.87. The lowest BCUT2D eigenvalue weighted by Gasteiger charge is -2.04. The van der Waals surface area contributed by atoms with Crippen molar-refractivity contribution in [1.82, 2.24) is 0 Å². The molecule has 1 aromatic carbocycles. The highest BCUT2D eigenvalue weighted by molar-refractivity contribution is 5.71. The zero-order chi connectivity index (χ0) is 13.8. The first-order valence-electron chi connectivity index (χ1n) is 5.57. The third-order valence-electron chi connectivity index (χ3n) is 2.46. The summed E-state index contributed by atoms with van der Waals surface area (Å²) in [6, 6.07) is 9.34. The number of ether oxygens (including phenoxy) is 1. The summed E-state index contributed by atoms with van der Waals surface area (Å²) in [6.07, 6.45) is 0. The predicted molar refractivity (Wildman–Crippen MR) is 66.7 cm³/mol. The molecule has 1 aromatic heterocycles. The normalized spacial score (nSPS) is 9.89. The van der Waals surface area contributed by atoms with Crippen molar-refractivity contribution < 1.29 is 14.1 Å². The standard InChI is InChI=1S/C13H10N2O4/c1-2-18-9-3-5-11(12(7-9)15(16)17)13-6-4-10(8-14)19-13/h3-7H,2H2,1H3. The minimum atomic E-state index is -0.508. The summed E-state index contributed by atoms with van der Waals surface area (Å²) in [5, 5.41) is 19.8. The molecule has 6 nitrogen and oxygen atoms in total. The second-order valence-corrected chi connectivity index (χ2v) is 3.64. The van der Waals surface area contributed by atoms with Crippen LogP contribution >= 0.6 is 0 Å². The van der Waals surface area contributed by atoms with E-state index in [9.17, 15) is 10.1 Å². The lowest BCUT2D eigenvalue weighted by atomic mass is 10.1. The molecule has 0 aliphatic heterocycles. The van der Waals surface area contributed by atoms with E-state index in [0.717, 1.165) is 0 Å². The number of benzene rings is 1. The van der Waals surface area contributed by atoms with Gasteiger partial charge in [0.15, 0.2) is 0 Å². The Morgan fingerprint density at radius 3 is 2.79 bits per heavy atom. The zero-order valence-corrected chi connectivity index (χ0v) is 10.1. The van der Waals surface area contributed by atoms with Gasteiger partial charge in [0.25, 0.3) is 5.69 Å². The zero-order valence-electron chi connectivity index (χ0n) is 10.1. The molecule has 6 heteroatoms. The number of hydrogen-bond acceptors (Lipinski definition) is 5. The Bertz CT molecular complexity index is 655. The van der Waals surface area contributed by atoms with Crippen LogP contribution in [-0.2, 0) is 0 Å². The fourth-order valence-corrected chi connectivity index (χ4v) is 1.67. The number of nitro benzene ring substituents is 1. The Morgan fingerprint density at radius 2 is 2.21 bits per heavy atom. The van der Waals surface area contributed by atoms with E-state index in [0.29, 0.717) is 17.9 Å². The summed E-state index contributed by atoms with van der Waals surface area (Å²) in [6.45, 7) is 2.22. The number of furan rings is 1. The highest BCUT2D eigenvalue weighted by atomic mass is 16.6. The lowest BCUT2D eigenvalue weighted by molar-refractivity contribution is -0.384. The Hall–Kier alpha value is -2.81. The fraction of sp³-hybridized carbons (Fsp3) is 0.154. The van der Waals surface area contributed by atoms with Crippen LogP contribution in [0.2, 0.25) is 0 Å². The third-order valence-corrected chi connectivity index (χ3v) is 2.46. The van der Waals surface area contributed by atoms with Crippen molar-refractivity contribution in [3.05, 3.63) is 46.2 Å². The molecular formula is C13H10N2O4. The highest BCUT2D eigenvalue weighted by Crippen LogP contribution is 2.34. The van der Waals surface area contributed by atoms with Crippen LogP contribution in [-0.4, -0.2) is 11.5 Å². The van der Waals surface area contributed by atoms with Gasteiger partial charge in [-0.05, 0) is 31.2 Å². The first-order valence-corrected chi connectivity index (χ1v) is 5.57. The molecule has 0 spiro atoms. The van der Waals surface area contributed by atoms with Crippen LogP contribution in [0.5, 0.6) is 5.75 Å². The summed E-state index contributed by atoms with van der Waals surface area (Å²) in [5.41, 5.74) is 0.194. The van der Waals surface area contributed by atoms with Crippen LogP contribution < -0.4 is 4.74 Å². The van der Waals surface area contributed by atoms with Crippen molar-refractivity contribution in [3.63, 3.8) is 0 Å². The first-order chi connectivity index (χ1) is 9.15. The van der Waals surface area contributed by atoms with Gasteiger partial charge in [-0.25, -0.2) is 0 Å². The van der Waals surface area contributed by atoms with Crippen molar-refractivity contribution >= 4 is 5.69 Å². The van der Waals surface area contributed by atoms with Crippen LogP contribution in [0, 0.1) is 21.4 Å². The molecular weight excluding hydrogens is 248 g/mol. The second-order valence-electron chi connectivity index (χ2n) is 3.64. The van der Waals surface area contributed by atoms with E-state index >= 15 is 0 Å². The van der Waals surface area contributed by atoms with Crippen molar-refractivity contribution in [1.29, 1.82) is 5.26 Å². The van der Waals surface area contributed by atoms with Crippen LogP contribution in [0.4, 0.5) is 5.69 Å². The number of nitrogens with zero attached hydrogens (tertiary/aromatic N) is 2. The van der Waals surface area contributed by atoms with E-state index in [1.54, 1.807) is 19.1 Å². The van der Waals surface area contributed by atoms with Gasteiger partial charge in [-0.3, -0.25) is 10.1 Å². The smallest absolute Gasteiger partial charge is 0.284 e. The monoisotopic (exact) mass is 258 g/mol. The van der Waals surface area contributed by atoms with E-state index in [1.165, 1.54) is 18.2 Å². The molecule has 2 aromatic rings. The van der Waals surface area contributed by atoms with Gasteiger partial charge < -0.3 is 9.15 Å². The summed E-state index contributed by atoms with van der Waals surface area (Å²) < 4.78 is 10.4. The molecule has 0 fully saturated rings. The molecule has 0 saturated carbocycles. The average molecular weight is 258 g/mol. The molecule has 2 rings (SSSR count). The topological polar surface area (TPSA) is 89.3 Å². The lowest BCUT2D eigenvalue weighted by Crippen LogP contribution is -1.95. The maximum absolute atomic E-state index is 11.1. The van der Waals surface area contributed by atoms with Crippen LogP contribution in [0.1, 0.15) is 12.7 Å². The summed E-state index contributed by atoms with van der Waals surface area (Å²) in [7, 11) is 0.